The van der Waals surface area contributed by atoms with Gasteiger partial charge in [-0.2, -0.15) is 0 Å². The third-order valence-corrected chi connectivity index (χ3v) is 7.70. The molecule has 3 rings (SSSR count). The van der Waals surface area contributed by atoms with Gasteiger partial charge < -0.3 is 19.7 Å². The normalized spacial score (nSPS) is 13.4. The van der Waals surface area contributed by atoms with Crippen LogP contribution in [0.25, 0.3) is 0 Å². The van der Waals surface area contributed by atoms with Gasteiger partial charge in [0.1, 0.15) is 12.6 Å². The van der Waals surface area contributed by atoms with E-state index in [9.17, 15) is 18.0 Å². The maximum atomic E-state index is 13.6. The first kappa shape index (κ1) is 27.3. The van der Waals surface area contributed by atoms with Crippen LogP contribution in [-0.4, -0.2) is 63.4 Å². The summed E-state index contributed by atoms with van der Waals surface area (Å²) in [5.74, 6) is 0.248. The van der Waals surface area contributed by atoms with Crippen molar-refractivity contribution in [3.63, 3.8) is 0 Å². The quantitative estimate of drug-likeness (QED) is 0.464. The van der Waals surface area contributed by atoms with Crippen molar-refractivity contribution in [2.45, 2.75) is 40.2 Å². The minimum atomic E-state index is -3.80. The number of sulfonamides is 1. The fourth-order valence-electron chi connectivity index (χ4n) is 3.78. The molecule has 1 unspecified atom stereocenters. The molecule has 0 bridgehead atoms. The van der Waals surface area contributed by atoms with Crippen LogP contribution in [-0.2, 0) is 26.0 Å². The number of hydrogen-bond acceptors (Lipinski definition) is 6. The predicted molar refractivity (Wildman–Crippen MR) is 139 cm³/mol. The molecule has 10 heteroatoms. The molecule has 0 fully saturated rings. The molecular formula is C26H35N3O6S. The molecule has 9 nitrogen and oxygen atoms in total. The van der Waals surface area contributed by atoms with Gasteiger partial charge in [-0.3, -0.25) is 13.9 Å². The van der Waals surface area contributed by atoms with E-state index in [2.05, 4.69) is 5.32 Å². The number of rotatable bonds is 12. The molecule has 1 aliphatic rings. The highest BCUT2D eigenvalue weighted by Gasteiger charge is 2.31. The van der Waals surface area contributed by atoms with Crippen molar-refractivity contribution >= 4 is 27.5 Å². The maximum absolute atomic E-state index is 13.6. The first-order valence-corrected chi connectivity index (χ1v) is 13.7. The fourth-order valence-corrected chi connectivity index (χ4v) is 4.84. The number of fused-ring (bicyclic) bond motifs is 1. The number of nitrogens with one attached hydrogen (secondary N) is 1. The molecule has 0 saturated carbocycles. The summed E-state index contributed by atoms with van der Waals surface area (Å²) < 4.78 is 37.8. The average molecular weight is 518 g/mol. The number of carbonyl (C=O) groups is 2. The van der Waals surface area contributed by atoms with Crippen molar-refractivity contribution in [2.75, 3.05) is 36.5 Å². The Hall–Kier alpha value is -3.27. The average Bonchev–Trinajstić information content (AvgIpc) is 3.34. The Kier molecular flexibility index (Phi) is 9.19. The molecule has 0 spiro atoms. The number of ether oxygens (including phenoxy) is 2. The van der Waals surface area contributed by atoms with Gasteiger partial charge in [-0.1, -0.05) is 44.2 Å². The molecule has 0 aliphatic carbocycles. The number of nitrogens with zero attached hydrogens (tertiary/aromatic N) is 2. The third-order valence-electron chi connectivity index (χ3n) is 5.96. The van der Waals surface area contributed by atoms with Gasteiger partial charge in [0.15, 0.2) is 11.5 Å². The summed E-state index contributed by atoms with van der Waals surface area (Å²) in [4.78, 5) is 27.9. The van der Waals surface area contributed by atoms with Crippen LogP contribution in [0.1, 0.15) is 33.3 Å². The lowest BCUT2D eigenvalue weighted by molar-refractivity contribution is -0.138. The van der Waals surface area contributed by atoms with Crippen LogP contribution in [0, 0.1) is 5.92 Å². The molecule has 2 aromatic rings. The van der Waals surface area contributed by atoms with Crippen molar-refractivity contribution in [1.29, 1.82) is 0 Å². The van der Waals surface area contributed by atoms with E-state index in [4.69, 9.17) is 9.47 Å². The Morgan fingerprint density at radius 3 is 2.39 bits per heavy atom. The van der Waals surface area contributed by atoms with Crippen molar-refractivity contribution in [3.05, 3.63) is 54.1 Å². The fraction of sp³-hybridized carbons (Fsp3) is 0.462. The van der Waals surface area contributed by atoms with Crippen molar-refractivity contribution < 1.29 is 27.5 Å². The summed E-state index contributed by atoms with van der Waals surface area (Å²) in [5.41, 5.74) is 1.31. The van der Waals surface area contributed by atoms with Crippen molar-refractivity contribution in [1.82, 2.24) is 10.2 Å². The second-order valence-electron chi connectivity index (χ2n) is 9.08. The Balaban J connectivity index is 1.86. The molecular weight excluding hydrogens is 482 g/mol. The Bertz CT molecular complexity index is 1150. The van der Waals surface area contributed by atoms with Crippen LogP contribution in [0.3, 0.4) is 0 Å². The summed E-state index contributed by atoms with van der Waals surface area (Å²) in [7, 11) is -3.80. The molecule has 2 amide bonds. The van der Waals surface area contributed by atoms with Crippen LogP contribution in [0.15, 0.2) is 48.5 Å². The first-order valence-electron chi connectivity index (χ1n) is 12.1. The lowest BCUT2D eigenvalue weighted by atomic mass is 10.1. The van der Waals surface area contributed by atoms with E-state index in [1.807, 2.05) is 44.2 Å². The molecule has 0 aromatic heterocycles. The van der Waals surface area contributed by atoms with Gasteiger partial charge in [-0.25, -0.2) is 8.42 Å². The number of amides is 2. The Morgan fingerprint density at radius 1 is 1.03 bits per heavy atom. The number of anilines is 1. The van der Waals surface area contributed by atoms with Crippen LogP contribution in [0.2, 0.25) is 0 Å². The molecule has 1 N–H and O–H groups in total. The van der Waals surface area contributed by atoms with Gasteiger partial charge in [-0.05, 0) is 43.9 Å². The Labute approximate surface area is 213 Å². The van der Waals surface area contributed by atoms with Gasteiger partial charge in [0.05, 0.1) is 11.4 Å². The number of carbonyl (C=O) groups excluding carboxylic acids is 2. The highest BCUT2D eigenvalue weighted by Crippen LogP contribution is 2.36. The van der Waals surface area contributed by atoms with Gasteiger partial charge in [0.2, 0.25) is 28.6 Å². The molecule has 36 heavy (non-hydrogen) atoms. The van der Waals surface area contributed by atoms with Crippen LogP contribution >= 0.6 is 0 Å². The van der Waals surface area contributed by atoms with E-state index >= 15 is 0 Å². The molecule has 1 aliphatic heterocycles. The highest BCUT2D eigenvalue weighted by atomic mass is 32.2. The summed E-state index contributed by atoms with van der Waals surface area (Å²) in [6.07, 6.45) is 0.527. The van der Waals surface area contributed by atoms with Gasteiger partial charge in [-0.15, -0.1) is 0 Å². The molecule has 2 aromatic carbocycles. The van der Waals surface area contributed by atoms with E-state index in [1.165, 1.54) is 11.8 Å². The zero-order chi connectivity index (χ0) is 26.3. The number of benzene rings is 2. The van der Waals surface area contributed by atoms with Gasteiger partial charge in [0, 0.05) is 19.2 Å². The largest absolute Gasteiger partial charge is 0.454 e. The molecule has 0 radical (unpaired) electrons. The first-order chi connectivity index (χ1) is 17.1. The second kappa shape index (κ2) is 12.1. The van der Waals surface area contributed by atoms with Crippen LogP contribution < -0.4 is 19.1 Å². The molecule has 1 heterocycles. The lowest BCUT2D eigenvalue weighted by Crippen LogP contribution is -2.52. The Morgan fingerprint density at radius 2 is 1.72 bits per heavy atom. The smallest absolute Gasteiger partial charge is 0.244 e. The molecule has 1 atom stereocenters. The van der Waals surface area contributed by atoms with E-state index in [1.54, 1.807) is 25.1 Å². The van der Waals surface area contributed by atoms with Crippen molar-refractivity contribution in [2.24, 2.45) is 5.92 Å². The summed E-state index contributed by atoms with van der Waals surface area (Å²) in [6, 6.07) is 13.6. The predicted octanol–water partition coefficient (Wildman–Crippen LogP) is 2.80. The highest BCUT2D eigenvalue weighted by molar-refractivity contribution is 7.92. The van der Waals surface area contributed by atoms with Gasteiger partial charge >= 0.3 is 0 Å². The van der Waals surface area contributed by atoms with Crippen molar-refractivity contribution in [3.8, 4) is 11.5 Å². The minimum Gasteiger partial charge on any atom is -0.454 e. The van der Waals surface area contributed by atoms with E-state index < -0.39 is 28.5 Å². The summed E-state index contributed by atoms with van der Waals surface area (Å²) >= 11 is 0. The SMILES string of the molecule is CCS(=O)(=O)N(CC(=O)N(CCc1ccccc1)C(C)C(=O)NCC(C)C)c1ccc2c(c1)OCO2. The maximum Gasteiger partial charge on any atom is 0.244 e. The summed E-state index contributed by atoms with van der Waals surface area (Å²) in [5, 5.41) is 2.87. The minimum absolute atomic E-state index is 0.0501. The third kappa shape index (κ3) is 6.90. The van der Waals surface area contributed by atoms with Gasteiger partial charge in [0.25, 0.3) is 0 Å². The zero-order valence-electron chi connectivity index (χ0n) is 21.3. The monoisotopic (exact) mass is 517 g/mol. The topological polar surface area (TPSA) is 105 Å². The van der Waals surface area contributed by atoms with Crippen LogP contribution in [0.5, 0.6) is 11.5 Å². The number of hydrogen-bond donors (Lipinski definition) is 1. The zero-order valence-corrected chi connectivity index (χ0v) is 22.1. The summed E-state index contributed by atoms with van der Waals surface area (Å²) in [6.45, 7) is 7.52. The van der Waals surface area contributed by atoms with E-state index in [0.717, 1.165) is 9.87 Å². The van der Waals surface area contributed by atoms with E-state index in [0.29, 0.717) is 30.2 Å². The molecule has 196 valence electrons. The van der Waals surface area contributed by atoms with E-state index in [-0.39, 0.29) is 30.9 Å². The van der Waals surface area contributed by atoms with Crippen LogP contribution in [0.4, 0.5) is 5.69 Å². The second-order valence-corrected chi connectivity index (χ2v) is 11.3. The molecule has 0 saturated heterocycles. The lowest BCUT2D eigenvalue weighted by Gasteiger charge is -2.32. The standard InChI is InChI=1S/C26H35N3O6S/c1-5-36(32,33)29(22-11-12-23-24(15-22)35-18-34-23)17-25(30)28(14-13-21-9-7-6-8-10-21)20(4)26(31)27-16-19(2)3/h6-12,15,19-20H,5,13-14,16-18H2,1-4H3,(H,27,31).